The van der Waals surface area contributed by atoms with Crippen molar-refractivity contribution in [2.45, 2.75) is 25.5 Å². The molecule has 4 N–H and O–H groups in total. The first kappa shape index (κ1) is 18.6. The zero-order chi connectivity index (χ0) is 19.0. The van der Waals surface area contributed by atoms with Crippen LogP contribution in [-0.4, -0.2) is 30.1 Å². The van der Waals surface area contributed by atoms with E-state index in [4.69, 9.17) is 17.3 Å². The van der Waals surface area contributed by atoms with E-state index in [1.807, 2.05) is 0 Å². The van der Waals surface area contributed by atoms with E-state index >= 15 is 0 Å². The molecule has 0 spiro atoms. The minimum Gasteiger partial charge on any atom is -0.391 e. The quantitative estimate of drug-likeness (QED) is 0.737. The van der Waals surface area contributed by atoms with E-state index in [-0.39, 0.29) is 25.4 Å². The summed E-state index contributed by atoms with van der Waals surface area (Å²) >= 11 is 7.52. The third-order valence-corrected chi connectivity index (χ3v) is 5.92. The molecule has 1 aliphatic heterocycles. The third-order valence-electron chi connectivity index (χ3n) is 4.32. The molecule has 1 atom stereocenters. The molecule has 3 rings (SSSR count). The summed E-state index contributed by atoms with van der Waals surface area (Å²) in [7, 11) is 1.60. The third kappa shape index (κ3) is 3.40. The minimum atomic E-state index is -0.772. The van der Waals surface area contributed by atoms with E-state index in [0.29, 0.717) is 21.2 Å². The van der Waals surface area contributed by atoms with Gasteiger partial charge in [0.15, 0.2) is 0 Å². The van der Waals surface area contributed by atoms with Crippen LogP contribution in [0.3, 0.4) is 0 Å². The fourth-order valence-corrected chi connectivity index (χ4v) is 4.61. The Morgan fingerprint density at radius 2 is 2.27 bits per heavy atom. The molecule has 138 valence electrons. The lowest BCUT2D eigenvalue weighted by Gasteiger charge is -2.30. The maximum Gasteiger partial charge on any atom is 0.312 e. The minimum absolute atomic E-state index is 0.212. The number of halogens is 2. The van der Waals surface area contributed by atoms with Crippen molar-refractivity contribution in [3.8, 4) is 0 Å². The van der Waals surface area contributed by atoms with Crippen LogP contribution < -0.4 is 16.0 Å². The Morgan fingerprint density at radius 1 is 1.54 bits per heavy atom. The van der Waals surface area contributed by atoms with E-state index < -0.39 is 17.9 Å². The lowest BCUT2D eigenvalue weighted by atomic mass is 9.98. The molecule has 0 unspecified atom stereocenters. The van der Waals surface area contributed by atoms with E-state index in [0.717, 1.165) is 10.4 Å². The van der Waals surface area contributed by atoms with Crippen LogP contribution in [0.5, 0.6) is 0 Å². The van der Waals surface area contributed by atoms with Crippen molar-refractivity contribution < 1.29 is 19.1 Å². The number of hydrogen-bond donors (Lipinski definition) is 3. The van der Waals surface area contributed by atoms with Crippen LogP contribution in [-0.2, 0) is 24.2 Å². The number of thiophene rings is 1. The average molecular weight is 398 g/mol. The van der Waals surface area contributed by atoms with Crippen LogP contribution in [0.2, 0.25) is 5.02 Å². The van der Waals surface area contributed by atoms with E-state index in [2.05, 4.69) is 5.32 Å². The number of aliphatic hydroxyl groups excluding tert-OH is 1. The van der Waals surface area contributed by atoms with Crippen molar-refractivity contribution in [3.05, 3.63) is 49.9 Å². The second-order valence-electron chi connectivity index (χ2n) is 6.01. The molecular formula is C17H17ClFN3O3S. The van der Waals surface area contributed by atoms with E-state index in [9.17, 15) is 19.1 Å². The van der Waals surface area contributed by atoms with Gasteiger partial charge in [-0.15, -0.1) is 11.3 Å². The number of nitrogens with one attached hydrogen (secondary N) is 1. The number of nitrogens with two attached hydrogens (primary N) is 1. The van der Waals surface area contributed by atoms with Crippen LogP contribution in [0.4, 0.5) is 14.9 Å². The zero-order valence-corrected chi connectivity index (χ0v) is 15.5. The molecule has 0 saturated carbocycles. The second-order valence-corrected chi connectivity index (χ2v) is 7.61. The van der Waals surface area contributed by atoms with Gasteiger partial charge in [-0.05, 0) is 29.3 Å². The van der Waals surface area contributed by atoms with Crippen LogP contribution in [0.15, 0.2) is 18.2 Å². The number of carbonyl (C=O) groups excluding carboxylic acids is 2. The smallest absolute Gasteiger partial charge is 0.312 e. The Kier molecular flexibility index (Phi) is 5.17. The summed E-state index contributed by atoms with van der Waals surface area (Å²) in [5.41, 5.74) is 7.11. The van der Waals surface area contributed by atoms with E-state index in [1.165, 1.54) is 34.4 Å². The Bertz CT molecular complexity index is 886. The summed E-state index contributed by atoms with van der Waals surface area (Å²) in [6.45, 7) is -0.212. The number of carbonyl (C=O) groups is 2. The highest BCUT2D eigenvalue weighted by Crippen LogP contribution is 2.41. The number of rotatable bonds is 4. The number of primary amides is 1. The lowest BCUT2D eigenvalue weighted by molar-refractivity contribution is -0.120. The molecule has 0 saturated heterocycles. The van der Waals surface area contributed by atoms with Gasteiger partial charge < -0.3 is 21.1 Å². The fourth-order valence-electron chi connectivity index (χ4n) is 3.17. The highest BCUT2D eigenvalue weighted by Gasteiger charge is 2.35. The fraction of sp³-hybridized carbons (Fsp3) is 0.294. The summed E-state index contributed by atoms with van der Waals surface area (Å²) < 4.78 is 13.6. The molecule has 3 amide bonds. The van der Waals surface area contributed by atoms with Crippen molar-refractivity contribution in [1.29, 1.82) is 0 Å². The largest absolute Gasteiger partial charge is 0.391 e. The second kappa shape index (κ2) is 7.22. The van der Waals surface area contributed by atoms with Gasteiger partial charge in [0.2, 0.25) is 5.91 Å². The highest BCUT2D eigenvalue weighted by molar-refractivity contribution is 7.12. The van der Waals surface area contributed by atoms with Gasteiger partial charge in [0.25, 0.3) is 0 Å². The molecule has 2 aromatic rings. The molecule has 1 aromatic carbocycles. The van der Waals surface area contributed by atoms with Crippen molar-refractivity contribution in [3.63, 3.8) is 0 Å². The predicted octanol–water partition coefficient (Wildman–Crippen LogP) is 2.18. The molecule has 1 aliphatic rings. The number of fused-ring (bicyclic) bond motifs is 1. The first-order chi connectivity index (χ1) is 12.3. The molecule has 9 heteroatoms. The molecule has 0 bridgehead atoms. The molecule has 0 radical (unpaired) electrons. The first-order valence-corrected chi connectivity index (χ1v) is 9.03. The summed E-state index contributed by atoms with van der Waals surface area (Å²) in [5, 5.41) is 12.6. The van der Waals surface area contributed by atoms with Gasteiger partial charge in [0.1, 0.15) is 11.9 Å². The summed E-state index contributed by atoms with van der Waals surface area (Å²) in [5.74, 6) is -0.709. The SMILES string of the molecule is CN1C(=O)[C@H](NC(N)=O)Cc2sc(CO)c(Cc3cc(F)ccc3Cl)c21. The van der Waals surface area contributed by atoms with Crippen LogP contribution in [0.25, 0.3) is 0 Å². The Morgan fingerprint density at radius 3 is 2.92 bits per heavy atom. The Hall–Kier alpha value is -2.16. The van der Waals surface area contributed by atoms with Crippen molar-refractivity contribution in [2.75, 3.05) is 11.9 Å². The highest BCUT2D eigenvalue weighted by atomic mass is 35.5. The monoisotopic (exact) mass is 397 g/mol. The van der Waals surface area contributed by atoms with Gasteiger partial charge in [-0.2, -0.15) is 0 Å². The van der Waals surface area contributed by atoms with Gasteiger partial charge in [0, 0.05) is 34.7 Å². The number of anilines is 1. The number of benzene rings is 1. The molecule has 6 nitrogen and oxygen atoms in total. The topological polar surface area (TPSA) is 95.7 Å². The lowest BCUT2D eigenvalue weighted by Crippen LogP contribution is -2.52. The van der Waals surface area contributed by atoms with Gasteiger partial charge in [-0.25, -0.2) is 9.18 Å². The number of amides is 3. The number of hydrogen-bond acceptors (Lipinski definition) is 4. The first-order valence-electron chi connectivity index (χ1n) is 7.83. The predicted molar refractivity (Wildman–Crippen MR) is 98.1 cm³/mol. The normalized spacial score (nSPS) is 16.5. The molecule has 26 heavy (non-hydrogen) atoms. The van der Waals surface area contributed by atoms with Gasteiger partial charge in [-0.3, -0.25) is 4.79 Å². The maximum atomic E-state index is 13.6. The van der Waals surface area contributed by atoms with Crippen molar-refractivity contribution in [1.82, 2.24) is 5.32 Å². The average Bonchev–Trinajstić information content (AvgIpc) is 2.93. The van der Waals surface area contributed by atoms with Crippen molar-refractivity contribution >= 4 is 40.6 Å². The van der Waals surface area contributed by atoms with Gasteiger partial charge in [-0.1, -0.05) is 11.6 Å². The summed E-state index contributed by atoms with van der Waals surface area (Å²) in [6, 6.07) is 2.57. The molecular weight excluding hydrogens is 381 g/mol. The molecule has 0 aliphatic carbocycles. The van der Waals surface area contributed by atoms with E-state index in [1.54, 1.807) is 7.05 Å². The van der Waals surface area contributed by atoms with Gasteiger partial charge in [0.05, 0.1) is 12.3 Å². The summed E-state index contributed by atoms with van der Waals surface area (Å²) in [4.78, 5) is 26.6. The Labute approximate surface area is 158 Å². The Balaban J connectivity index is 2.03. The summed E-state index contributed by atoms with van der Waals surface area (Å²) in [6.07, 6.45) is 0.569. The molecule has 0 fully saturated rings. The number of nitrogens with zero attached hydrogens (tertiary/aromatic N) is 1. The number of urea groups is 1. The maximum absolute atomic E-state index is 13.6. The number of likely N-dealkylation sites (N-methyl/N-ethyl adjacent to an activating group) is 1. The van der Waals surface area contributed by atoms with Crippen molar-refractivity contribution in [2.24, 2.45) is 5.73 Å². The zero-order valence-electron chi connectivity index (χ0n) is 13.9. The standard InChI is InChI=1S/C17H17ClFN3O3S/c1-22-15-10(5-8-4-9(19)2-3-11(8)18)14(7-23)26-13(15)6-12(16(22)24)21-17(20)25/h2-4,12,23H,5-7H2,1H3,(H3,20,21,25)/t12-/m1/s1. The van der Waals surface area contributed by atoms with Crippen LogP contribution in [0.1, 0.15) is 20.9 Å². The molecule has 2 heterocycles. The molecule has 1 aromatic heterocycles. The van der Waals surface area contributed by atoms with Crippen LogP contribution in [0, 0.1) is 5.82 Å². The van der Waals surface area contributed by atoms with Crippen LogP contribution >= 0.6 is 22.9 Å². The number of aliphatic hydroxyl groups is 1. The van der Waals surface area contributed by atoms with Gasteiger partial charge >= 0.3 is 6.03 Å².